The predicted octanol–water partition coefficient (Wildman–Crippen LogP) is 16.7. The minimum atomic E-state index is -0.535. The van der Waals surface area contributed by atoms with Gasteiger partial charge in [0, 0.05) is 57.1 Å². The van der Waals surface area contributed by atoms with Gasteiger partial charge in [-0.1, -0.05) is 164 Å². The second-order valence-electron chi connectivity index (χ2n) is 17.2. The van der Waals surface area contributed by atoms with Gasteiger partial charge in [-0.3, -0.25) is 0 Å². The van der Waals surface area contributed by atoms with Crippen molar-refractivity contribution in [1.82, 2.24) is 0 Å². The zero-order valence-electron chi connectivity index (χ0n) is 36.0. The molecule has 2 heterocycles. The van der Waals surface area contributed by atoms with Gasteiger partial charge in [-0.05, 0) is 106 Å². The second-order valence-corrected chi connectivity index (χ2v) is 17.2. The van der Waals surface area contributed by atoms with E-state index in [1.165, 1.54) is 33.4 Å². The monoisotopic (exact) mass is 846 g/mol. The molecule has 0 aliphatic heterocycles. The highest BCUT2D eigenvalue weighted by molar-refractivity contribution is 6.13. The number of rotatable bonds is 9. The Hall–Kier alpha value is -8.60. The molecule has 1 aliphatic carbocycles. The van der Waals surface area contributed by atoms with Crippen LogP contribution in [0.25, 0.3) is 55.0 Å². The average molecular weight is 847 g/mol. The maximum Gasteiger partial charge on any atom is 0.137 e. The van der Waals surface area contributed by atoms with Gasteiger partial charge in [0.05, 0.1) is 16.5 Å². The van der Waals surface area contributed by atoms with E-state index in [1.54, 1.807) is 0 Å². The van der Waals surface area contributed by atoms with Crippen LogP contribution in [0.4, 0.5) is 28.4 Å². The standard InChI is InChI=1S/C62H42N2O2/c1-5-19-43(20-6-1)62(44-21-7-2-8-22-44)52-29-15-13-28-50(52)60-53(62)30-17-31-54(60)63(47-36-37-49-48-27-14-16-33-56(48)66-59(49)40-47)41-42-35-38-57-51(39-42)61-55(32-18-34-58(61)65-57)64(45-23-9-3-10-24-45)46-25-11-4-12-26-46/h1-40H,41H2. The van der Waals surface area contributed by atoms with Gasteiger partial charge in [-0.15, -0.1) is 0 Å². The van der Waals surface area contributed by atoms with Crippen LogP contribution in [0.3, 0.4) is 0 Å². The molecule has 0 atom stereocenters. The Kier molecular flexibility index (Phi) is 8.78. The molecule has 312 valence electrons. The molecule has 0 saturated carbocycles. The molecule has 0 amide bonds. The van der Waals surface area contributed by atoms with Gasteiger partial charge in [0.25, 0.3) is 0 Å². The van der Waals surface area contributed by atoms with Crippen molar-refractivity contribution >= 4 is 72.3 Å². The summed E-state index contributed by atoms with van der Waals surface area (Å²) in [7, 11) is 0. The lowest BCUT2D eigenvalue weighted by Gasteiger charge is -2.34. The molecule has 1 aliphatic rings. The van der Waals surface area contributed by atoms with Crippen molar-refractivity contribution in [3.05, 3.63) is 270 Å². The Bertz CT molecular complexity index is 3670. The minimum Gasteiger partial charge on any atom is -0.456 e. The van der Waals surface area contributed by atoms with Crippen LogP contribution in [-0.4, -0.2) is 0 Å². The van der Waals surface area contributed by atoms with Crippen LogP contribution in [0, 0.1) is 0 Å². The molecular weight excluding hydrogens is 805 g/mol. The summed E-state index contributed by atoms with van der Waals surface area (Å²) in [6, 6.07) is 87.2. The number of nitrogens with zero attached hydrogens (tertiary/aromatic N) is 2. The Morgan fingerprint density at radius 1 is 0.364 bits per heavy atom. The molecule has 0 N–H and O–H groups in total. The Morgan fingerprint density at radius 3 is 1.67 bits per heavy atom. The molecule has 4 heteroatoms. The Morgan fingerprint density at radius 2 is 0.924 bits per heavy atom. The molecule has 4 nitrogen and oxygen atoms in total. The number of hydrogen-bond donors (Lipinski definition) is 0. The summed E-state index contributed by atoms with van der Waals surface area (Å²) in [6.45, 7) is 0.583. The molecular formula is C62H42N2O2. The summed E-state index contributed by atoms with van der Waals surface area (Å²) in [5.74, 6) is 0. The molecule has 0 fully saturated rings. The van der Waals surface area contributed by atoms with E-state index in [4.69, 9.17) is 8.83 Å². The maximum atomic E-state index is 6.68. The number of hydrogen-bond acceptors (Lipinski definition) is 4. The molecule has 0 spiro atoms. The van der Waals surface area contributed by atoms with Gasteiger partial charge in [-0.2, -0.15) is 0 Å². The van der Waals surface area contributed by atoms with E-state index in [9.17, 15) is 0 Å². The fraction of sp³-hybridized carbons (Fsp3) is 0.0323. The number of anilines is 5. The summed E-state index contributed by atoms with van der Waals surface area (Å²) >= 11 is 0. The zero-order chi connectivity index (χ0) is 43.6. The Balaban J connectivity index is 1.04. The predicted molar refractivity (Wildman–Crippen MR) is 272 cm³/mol. The quantitative estimate of drug-likeness (QED) is 0.145. The molecule has 12 aromatic rings. The summed E-state index contributed by atoms with van der Waals surface area (Å²) < 4.78 is 13.3. The van der Waals surface area contributed by atoms with E-state index >= 15 is 0 Å². The normalized spacial score (nSPS) is 12.7. The lowest BCUT2D eigenvalue weighted by atomic mass is 9.68. The summed E-state index contributed by atoms with van der Waals surface area (Å²) in [6.07, 6.45) is 0. The fourth-order valence-electron chi connectivity index (χ4n) is 10.8. The smallest absolute Gasteiger partial charge is 0.137 e. The first kappa shape index (κ1) is 37.9. The zero-order valence-corrected chi connectivity index (χ0v) is 36.0. The minimum absolute atomic E-state index is 0.535. The highest BCUT2D eigenvalue weighted by Gasteiger charge is 2.47. The third-order valence-corrected chi connectivity index (χ3v) is 13.6. The van der Waals surface area contributed by atoms with Crippen molar-refractivity contribution < 1.29 is 8.83 Å². The van der Waals surface area contributed by atoms with Crippen molar-refractivity contribution in [3.63, 3.8) is 0 Å². The van der Waals surface area contributed by atoms with Gasteiger partial charge >= 0.3 is 0 Å². The first-order chi connectivity index (χ1) is 32.7. The van der Waals surface area contributed by atoms with Gasteiger partial charge in [0.15, 0.2) is 0 Å². The Labute approximate surface area is 382 Å². The fourth-order valence-corrected chi connectivity index (χ4v) is 10.8. The van der Waals surface area contributed by atoms with Crippen LogP contribution in [0.5, 0.6) is 0 Å². The van der Waals surface area contributed by atoms with Crippen molar-refractivity contribution in [1.29, 1.82) is 0 Å². The summed E-state index contributed by atoms with van der Waals surface area (Å²) in [5, 5.41) is 4.36. The molecule has 0 unspecified atom stereocenters. The highest BCUT2D eigenvalue weighted by atomic mass is 16.3. The molecule has 0 saturated heterocycles. The molecule has 66 heavy (non-hydrogen) atoms. The van der Waals surface area contributed by atoms with E-state index in [1.807, 2.05) is 6.07 Å². The SMILES string of the molecule is c1ccc(N(c2ccccc2)c2cccc3oc4ccc(CN(c5ccc6c(c5)oc5ccccc56)c5cccc6c5-c5ccccc5C6(c5ccccc5)c5ccccc5)cc4c23)cc1. The number of benzene rings is 10. The first-order valence-electron chi connectivity index (χ1n) is 22.6. The lowest BCUT2D eigenvalue weighted by Crippen LogP contribution is -2.28. The number of para-hydroxylation sites is 3. The van der Waals surface area contributed by atoms with Gasteiger partial charge < -0.3 is 18.6 Å². The van der Waals surface area contributed by atoms with Crippen LogP contribution in [0.15, 0.2) is 251 Å². The average Bonchev–Trinajstić information content (AvgIpc) is 4.05. The van der Waals surface area contributed by atoms with Crippen LogP contribution in [0.1, 0.15) is 27.8 Å². The maximum absolute atomic E-state index is 6.68. The molecule has 2 aromatic heterocycles. The molecule has 13 rings (SSSR count). The van der Waals surface area contributed by atoms with Crippen molar-refractivity contribution in [2.24, 2.45) is 0 Å². The van der Waals surface area contributed by atoms with Crippen molar-refractivity contribution in [2.45, 2.75) is 12.0 Å². The molecule has 10 aromatic carbocycles. The molecule has 0 bridgehead atoms. The van der Waals surface area contributed by atoms with Gasteiger partial charge in [-0.25, -0.2) is 0 Å². The van der Waals surface area contributed by atoms with Gasteiger partial charge in [0.2, 0.25) is 0 Å². The van der Waals surface area contributed by atoms with Crippen molar-refractivity contribution in [2.75, 3.05) is 9.80 Å². The topological polar surface area (TPSA) is 32.8 Å². The highest BCUT2D eigenvalue weighted by Crippen LogP contribution is 2.59. The summed E-state index contributed by atoms with van der Waals surface area (Å²) in [5.41, 5.74) is 16.9. The van der Waals surface area contributed by atoms with E-state index in [2.05, 4.69) is 246 Å². The van der Waals surface area contributed by atoms with E-state index in [0.29, 0.717) is 6.54 Å². The molecule has 0 radical (unpaired) electrons. The second kappa shape index (κ2) is 15.3. The van der Waals surface area contributed by atoms with E-state index in [0.717, 1.165) is 77.9 Å². The van der Waals surface area contributed by atoms with Crippen LogP contribution in [0.2, 0.25) is 0 Å². The number of fused-ring (bicyclic) bond motifs is 9. The van der Waals surface area contributed by atoms with E-state index < -0.39 is 5.41 Å². The van der Waals surface area contributed by atoms with Gasteiger partial charge in [0.1, 0.15) is 22.3 Å². The third kappa shape index (κ3) is 5.85. The van der Waals surface area contributed by atoms with Crippen molar-refractivity contribution in [3.8, 4) is 11.1 Å². The lowest BCUT2D eigenvalue weighted by molar-refractivity contribution is 0.668. The van der Waals surface area contributed by atoms with Crippen LogP contribution in [-0.2, 0) is 12.0 Å². The first-order valence-corrected chi connectivity index (χ1v) is 22.6. The van der Waals surface area contributed by atoms with E-state index in [-0.39, 0.29) is 0 Å². The summed E-state index contributed by atoms with van der Waals surface area (Å²) in [4.78, 5) is 4.81. The largest absolute Gasteiger partial charge is 0.456 e. The van der Waals surface area contributed by atoms with Crippen LogP contribution >= 0.6 is 0 Å². The number of furan rings is 2. The third-order valence-electron chi connectivity index (χ3n) is 13.6. The van der Waals surface area contributed by atoms with Crippen LogP contribution < -0.4 is 9.80 Å².